The number of rotatable bonds is 6. The van der Waals surface area contributed by atoms with Gasteiger partial charge in [0.25, 0.3) is 5.91 Å². The minimum Gasteiger partial charge on any atom is -0.341 e. The number of hydrogen-bond donors (Lipinski definition) is 1. The Morgan fingerprint density at radius 1 is 1.06 bits per heavy atom. The van der Waals surface area contributed by atoms with Crippen LogP contribution in [0.25, 0.3) is 0 Å². The molecule has 2 aliphatic rings. The van der Waals surface area contributed by atoms with Gasteiger partial charge in [-0.15, -0.1) is 0 Å². The largest absolute Gasteiger partial charge is 0.341 e. The topological polar surface area (TPSA) is 69.7 Å². The second kappa shape index (κ2) is 9.33. The molecule has 4 rings (SSSR count). The summed E-state index contributed by atoms with van der Waals surface area (Å²) in [6.45, 7) is 4.64. The van der Waals surface area contributed by atoms with E-state index in [2.05, 4.69) is 36.5 Å². The molecule has 1 atom stereocenters. The summed E-state index contributed by atoms with van der Waals surface area (Å²) in [6, 6.07) is 13.4. The maximum atomic E-state index is 13.3. The molecular weight excluding hydrogens is 421 g/mol. The summed E-state index contributed by atoms with van der Waals surface area (Å²) in [4.78, 5) is 41.1. The summed E-state index contributed by atoms with van der Waals surface area (Å²) in [5.41, 5.74) is 1.76. The van der Waals surface area contributed by atoms with E-state index < -0.39 is 23.3 Å². The van der Waals surface area contributed by atoms with Gasteiger partial charge in [0, 0.05) is 13.1 Å². The molecule has 0 saturated carbocycles. The van der Waals surface area contributed by atoms with Crippen LogP contribution in [0.5, 0.6) is 0 Å². The standard InChI is InChI=1S/C26H30FN3O3/c1-18-3-5-19(6-4-18)7-8-20-13-15-29(16-14-20)23(31)17-30-24(32)26(2,28-25(30)33)21-9-11-22(27)12-10-21/h3-6,9-12,20H,7-8,13-17H2,1-2H3,(H,28,33). The molecule has 2 fully saturated rings. The van der Waals surface area contributed by atoms with E-state index in [0.29, 0.717) is 24.6 Å². The number of carbonyl (C=O) groups excluding carboxylic acids is 3. The molecule has 0 bridgehead atoms. The van der Waals surface area contributed by atoms with Gasteiger partial charge < -0.3 is 10.2 Å². The van der Waals surface area contributed by atoms with E-state index in [1.165, 1.54) is 35.4 Å². The lowest BCUT2D eigenvalue weighted by Gasteiger charge is -2.33. The Kier molecular flexibility index (Phi) is 6.49. The van der Waals surface area contributed by atoms with Crippen LogP contribution in [0.2, 0.25) is 0 Å². The Hall–Kier alpha value is -3.22. The molecule has 174 valence electrons. The maximum Gasteiger partial charge on any atom is 0.325 e. The Balaban J connectivity index is 1.29. The first kappa shape index (κ1) is 23.0. The summed E-state index contributed by atoms with van der Waals surface area (Å²) in [5.74, 6) is -0.582. The Morgan fingerprint density at radius 2 is 1.70 bits per heavy atom. The third-order valence-corrected chi connectivity index (χ3v) is 6.92. The molecule has 1 unspecified atom stereocenters. The van der Waals surface area contributed by atoms with Crippen molar-refractivity contribution in [3.05, 3.63) is 71.0 Å². The number of hydrogen-bond acceptors (Lipinski definition) is 3. The van der Waals surface area contributed by atoms with Crippen molar-refractivity contribution in [1.29, 1.82) is 0 Å². The highest BCUT2D eigenvalue weighted by Gasteiger charge is 2.49. The van der Waals surface area contributed by atoms with Gasteiger partial charge in [-0.1, -0.05) is 42.0 Å². The quantitative estimate of drug-likeness (QED) is 0.680. The number of carbonyl (C=O) groups is 3. The van der Waals surface area contributed by atoms with Gasteiger partial charge in [0.05, 0.1) is 0 Å². The molecule has 0 aromatic heterocycles. The third kappa shape index (κ3) is 4.92. The molecule has 2 heterocycles. The molecule has 4 amide bonds. The van der Waals surface area contributed by atoms with Crippen LogP contribution < -0.4 is 5.32 Å². The molecular formula is C26H30FN3O3. The van der Waals surface area contributed by atoms with Crippen LogP contribution in [0.3, 0.4) is 0 Å². The molecule has 0 aliphatic carbocycles. The second-order valence-electron chi connectivity index (χ2n) is 9.30. The Morgan fingerprint density at radius 3 is 2.33 bits per heavy atom. The SMILES string of the molecule is Cc1ccc(CCC2CCN(C(=O)CN3C(=O)NC(C)(c4ccc(F)cc4)C3=O)CC2)cc1. The van der Waals surface area contributed by atoms with E-state index in [4.69, 9.17) is 0 Å². The van der Waals surface area contributed by atoms with Crippen LogP contribution in [0.4, 0.5) is 9.18 Å². The molecule has 2 aromatic rings. The number of piperidine rings is 1. The monoisotopic (exact) mass is 451 g/mol. The Labute approximate surface area is 193 Å². The predicted molar refractivity (Wildman–Crippen MR) is 123 cm³/mol. The van der Waals surface area contributed by atoms with Crippen molar-refractivity contribution in [2.45, 2.75) is 45.1 Å². The van der Waals surface area contributed by atoms with Crippen LogP contribution in [-0.2, 0) is 21.5 Å². The molecule has 0 spiro atoms. The van der Waals surface area contributed by atoms with E-state index in [1.807, 2.05) is 0 Å². The Bertz CT molecular complexity index is 1030. The number of likely N-dealkylation sites (tertiary alicyclic amines) is 1. The number of nitrogens with one attached hydrogen (secondary N) is 1. The van der Waals surface area contributed by atoms with Crippen molar-refractivity contribution in [1.82, 2.24) is 15.1 Å². The first-order chi connectivity index (χ1) is 15.8. The fourth-order valence-corrected chi connectivity index (χ4v) is 4.65. The predicted octanol–water partition coefficient (Wildman–Crippen LogP) is 3.77. The lowest BCUT2D eigenvalue weighted by molar-refractivity contribution is -0.139. The molecule has 0 radical (unpaired) electrons. The van der Waals surface area contributed by atoms with Crippen molar-refractivity contribution in [2.24, 2.45) is 5.92 Å². The highest BCUT2D eigenvalue weighted by molar-refractivity contribution is 6.09. The van der Waals surface area contributed by atoms with Gasteiger partial charge in [0.1, 0.15) is 17.9 Å². The van der Waals surface area contributed by atoms with Crippen molar-refractivity contribution >= 4 is 17.8 Å². The zero-order chi connectivity index (χ0) is 23.6. The summed E-state index contributed by atoms with van der Waals surface area (Å²) in [5, 5.41) is 2.66. The number of imide groups is 1. The molecule has 2 aromatic carbocycles. The van der Waals surface area contributed by atoms with Crippen LogP contribution in [0.1, 0.15) is 42.9 Å². The number of urea groups is 1. The van der Waals surface area contributed by atoms with E-state index in [0.717, 1.165) is 30.6 Å². The van der Waals surface area contributed by atoms with Crippen molar-refractivity contribution in [3.8, 4) is 0 Å². The third-order valence-electron chi connectivity index (χ3n) is 6.92. The first-order valence-electron chi connectivity index (χ1n) is 11.5. The van der Waals surface area contributed by atoms with Gasteiger partial charge in [-0.3, -0.25) is 14.5 Å². The number of aryl methyl sites for hydroxylation is 2. The smallest absolute Gasteiger partial charge is 0.325 e. The number of benzene rings is 2. The molecule has 1 N–H and O–H groups in total. The average molecular weight is 452 g/mol. The molecule has 2 aliphatic heterocycles. The van der Waals surface area contributed by atoms with Crippen LogP contribution >= 0.6 is 0 Å². The lowest BCUT2D eigenvalue weighted by Crippen LogP contribution is -2.46. The number of nitrogens with zero attached hydrogens (tertiary/aromatic N) is 2. The van der Waals surface area contributed by atoms with Crippen molar-refractivity contribution in [3.63, 3.8) is 0 Å². The fraction of sp³-hybridized carbons (Fsp3) is 0.423. The van der Waals surface area contributed by atoms with Crippen LogP contribution in [0.15, 0.2) is 48.5 Å². The molecule has 7 heteroatoms. The number of halogens is 1. The minimum absolute atomic E-state index is 0.223. The maximum absolute atomic E-state index is 13.3. The normalized spacial score (nSPS) is 21.4. The van der Waals surface area contributed by atoms with E-state index in [9.17, 15) is 18.8 Å². The lowest BCUT2D eigenvalue weighted by atomic mass is 9.90. The van der Waals surface area contributed by atoms with E-state index in [-0.39, 0.29) is 12.5 Å². The second-order valence-corrected chi connectivity index (χ2v) is 9.30. The summed E-state index contributed by atoms with van der Waals surface area (Å²) in [7, 11) is 0. The van der Waals surface area contributed by atoms with Crippen molar-refractivity contribution < 1.29 is 18.8 Å². The fourth-order valence-electron chi connectivity index (χ4n) is 4.65. The number of amides is 4. The van der Waals surface area contributed by atoms with Gasteiger partial charge in [0.15, 0.2) is 0 Å². The van der Waals surface area contributed by atoms with Gasteiger partial charge in [-0.05, 0) is 68.7 Å². The van der Waals surface area contributed by atoms with Crippen molar-refractivity contribution in [2.75, 3.05) is 19.6 Å². The first-order valence-corrected chi connectivity index (χ1v) is 11.5. The zero-order valence-electron chi connectivity index (χ0n) is 19.1. The minimum atomic E-state index is -1.31. The highest BCUT2D eigenvalue weighted by Crippen LogP contribution is 2.29. The van der Waals surface area contributed by atoms with Gasteiger partial charge in [-0.2, -0.15) is 0 Å². The average Bonchev–Trinajstić information content (AvgIpc) is 3.03. The van der Waals surface area contributed by atoms with Crippen LogP contribution in [-0.4, -0.2) is 47.3 Å². The summed E-state index contributed by atoms with van der Waals surface area (Å²) in [6.07, 6.45) is 3.97. The summed E-state index contributed by atoms with van der Waals surface area (Å²) >= 11 is 0. The molecule has 2 saturated heterocycles. The van der Waals surface area contributed by atoms with E-state index >= 15 is 0 Å². The van der Waals surface area contributed by atoms with Gasteiger partial charge in [-0.25, -0.2) is 9.18 Å². The molecule has 33 heavy (non-hydrogen) atoms. The highest BCUT2D eigenvalue weighted by atomic mass is 19.1. The summed E-state index contributed by atoms with van der Waals surface area (Å²) < 4.78 is 13.3. The van der Waals surface area contributed by atoms with Crippen LogP contribution in [0, 0.1) is 18.7 Å². The molecule has 6 nitrogen and oxygen atoms in total. The zero-order valence-corrected chi connectivity index (χ0v) is 19.1. The van der Waals surface area contributed by atoms with E-state index in [1.54, 1.807) is 11.8 Å². The van der Waals surface area contributed by atoms with Gasteiger partial charge >= 0.3 is 6.03 Å². The van der Waals surface area contributed by atoms with Gasteiger partial charge in [0.2, 0.25) is 5.91 Å².